The first-order chi connectivity index (χ1) is 8.30. The second-order valence-electron chi connectivity index (χ2n) is 4.68. The van der Waals surface area contributed by atoms with Crippen LogP contribution in [0.3, 0.4) is 0 Å². The molecular formula is C13H11N3O. The molecule has 3 heterocycles. The molecular weight excluding hydrogens is 214 g/mol. The van der Waals surface area contributed by atoms with Crippen LogP contribution in [0.5, 0.6) is 0 Å². The van der Waals surface area contributed by atoms with Gasteiger partial charge in [-0.25, -0.2) is 4.98 Å². The van der Waals surface area contributed by atoms with Crippen LogP contribution in [0.1, 0.15) is 18.7 Å². The quantitative estimate of drug-likeness (QED) is 0.681. The van der Waals surface area contributed by atoms with Gasteiger partial charge in [-0.05, 0) is 25.0 Å². The van der Waals surface area contributed by atoms with Crippen LogP contribution in [0.4, 0.5) is 0 Å². The van der Waals surface area contributed by atoms with E-state index < -0.39 is 0 Å². The molecule has 0 radical (unpaired) electrons. The lowest BCUT2D eigenvalue weighted by Gasteiger charge is -2.25. The van der Waals surface area contributed by atoms with E-state index in [1.807, 2.05) is 30.5 Å². The first-order valence-electron chi connectivity index (χ1n) is 5.88. The molecule has 4 nitrogen and oxygen atoms in total. The Morgan fingerprint density at radius 2 is 2.12 bits per heavy atom. The first-order valence-corrected chi connectivity index (χ1v) is 5.88. The third kappa shape index (κ3) is 1.10. The summed E-state index contributed by atoms with van der Waals surface area (Å²) < 4.78 is 1.78. The van der Waals surface area contributed by atoms with Gasteiger partial charge in [0.25, 0.3) is 5.56 Å². The molecule has 2 aliphatic heterocycles. The van der Waals surface area contributed by atoms with Crippen molar-refractivity contribution in [2.24, 2.45) is 4.99 Å². The zero-order chi connectivity index (χ0) is 11.5. The van der Waals surface area contributed by atoms with Gasteiger partial charge in [0.05, 0.1) is 17.1 Å². The van der Waals surface area contributed by atoms with Crippen molar-refractivity contribution in [1.29, 1.82) is 0 Å². The summed E-state index contributed by atoms with van der Waals surface area (Å²) in [6.07, 6.45) is 4.71. The van der Waals surface area contributed by atoms with Gasteiger partial charge in [0.15, 0.2) is 5.66 Å². The normalized spacial score (nSPS) is 25.2. The van der Waals surface area contributed by atoms with Gasteiger partial charge in [-0.15, -0.1) is 0 Å². The van der Waals surface area contributed by atoms with E-state index in [0.29, 0.717) is 5.39 Å². The zero-order valence-corrected chi connectivity index (χ0v) is 9.26. The van der Waals surface area contributed by atoms with E-state index in [4.69, 9.17) is 0 Å². The Labute approximate surface area is 97.6 Å². The van der Waals surface area contributed by atoms with Crippen molar-refractivity contribution in [3.05, 3.63) is 40.4 Å². The van der Waals surface area contributed by atoms with Crippen molar-refractivity contribution in [2.45, 2.75) is 24.9 Å². The van der Waals surface area contributed by atoms with Crippen molar-refractivity contribution in [1.82, 2.24) is 9.55 Å². The lowest BCUT2D eigenvalue weighted by atomic mass is 10.0. The maximum Gasteiger partial charge on any atom is 0.263 e. The minimum atomic E-state index is -0.359. The van der Waals surface area contributed by atoms with Gasteiger partial charge in [0.1, 0.15) is 5.82 Å². The van der Waals surface area contributed by atoms with E-state index in [0.717, 1.165) is 30.6 Å². The van der Waals surface area contributed by atoms with Crippen LogP contribution in [0.25, 0.3) is 10.9 Å². The van der Waals surface area contributed by atoms with E-state index in [1.165, 1.54) is 0 Å². The van der Waals surface area contributed by atoms with Crippen LogP contribution in [0.2, 0.25) is 0 Å². The summed E-state index contributed by atoms with van der Waals surface area (Å²) in [5, 5.41) is 0.688. The van der Waals surface area contributed by atoms with E-state index in [2.05, 4.69) is 9.98 Å². The fraction of sp³-hybridized carbons (Fsp3) is 0.308. The standard InChI is InChI=1S/C13H11N3O/c17-12-9-4-1-2-5-10(9)15-11-6-3-7-13(8-14-13)16(11)12/h1-2,4-5,8H,3,6-7H2. The number of rotatable bonds is 0. The molecule has 4 heteroatoms. The van der Waals surface area contributed by atoms with Crippen molar-refractivity contribution >= 4 is 17.1 Å². The Balaban J connectivity index is 2.13. The summed E-state index contributed by atoms with van der Waals surface area (Å²) in [6, 6.07) is 7.52. The Hall–Kier alpha value is -1.97. The molecule has 0 bridgehead atoms. The van der Waals surface area contributed by atoms with Crippen LogP contribution in [0, 0.1) is 0 Å². The van der Waals surface area contributed by atoms with Crippen molar-refractivity contribution in [3.63, 3.8) is 0 Å². The number of hydrogen-bond donors (Lipinski definition) is 0. The molecule has 1 aromatic carbocycles. The van der Waals surface area contributed by atoms with Crippen LogP contribution in [-0.2, 0) is 12.1 Å². The van der Waals surface area contributed by atoms with Crippen molar-refractivity contribution < 1.29 is 0 Å². The first kappa shape index (κ1) is 9.10. The third-order valence-corrected chi connectivity index (χ3v) is 3.60. The lowest BCUT2D eigenvalue weighted by molar-refractivity contribution is 0.375. The topological polar surface area (TPSA) is 47.2 Å². The largest absolute Gasteiger partial charge is 0.268 e. The van der Waals surface area contributed by atoms with Gasteiger partial charge in [-0.2, -0.15) is 0 Å². The molecule has 0 fully saturated rings. The maximum atomic E-state index is 12.5. The van der Waals surface area contributed by atoms with Crippen LogP contribution < -0.4 is 5.56 Å². The third-order valence-electron chi connectivity index (χ3n) is 3.60. The average Bonchev–Trinajstić information content (AvgIpc) is 3.10. The smallest absolute Gasteiger partial charge is 0.263 e. The predicted octanol–water partition coefficient (Wildman–Crippen LogP) is 1.47. The molecule has 0 saturated heterocycles. The zero-order valence-electron chi connectivity index (χ0n) is 9.26. The molecule has 17 heavy (non-hydrogen) atoms. The molecule has 1 unspecified atom stereocenters. The summed E-state index contributed by atoms with van der Waals surface area (Å²) in [6.45, 7) is 0. The summed E-state index contributed by atoms with van der Waals surface area (Å²) >= 11 is 0. The number of aliphatic imine (C=N–C) groups is 1. The highest BCUT2D eigenvalue weighted by atomic mass is 16.1. The summed E-state index contributed by atoms with van der Waals surface area (Å²) in [5.74, 6) is 0.873. The van der Waals surface area contributed by atoms with Gasteiger partial charge >= 0.3 is 0 Å². The van der Waals surface area contributed by atoms with Crippen LogP contribution in [-0.4, -0.2) is 15.8 Å². The van der Waals surface area contributed by atoms with Gasteiger partial charge in [0.2, 0.25) is 0 Å². The number of aromatic nitrogens is 2. The van der Waals surface area contributed by atoms with E-state index in [9.17, 15) is 4.79 Å². The Bertz CT molecular complexity index is 708. The fourth-order valence-corrected chi connectivity index (χ4v) is 2.68. The molecule has 4 rings (SSSR count). The molecule has 1 atom stereocenters. The molecule has 0 N–H and O–H groups in total. The number of benzene rings is 1. The molecule has 0 amide bonds. The number of nitrogens with zero attached hydrogens (tertiary/aromatic N) is 3. The molecule has 1 spiro atoms. The Morgan fingerprint density at radius 3 is 2.94 bits per heavy atom. The monoisotopic (exact) mass is 225 g/mol. The van der Waals surface area contributed by atoms with Crippen LogP contribution >= 0.6 is 0 Å². The van der Waals surface area contributed by atoms with E-state index >= 15 is 0 Å². The number of fused-ring (bicyclic) bond motifs is 3. The Morgan fingerprint density at radius 1 is 1.29 bits per heavy atom. The van der Waals surface area contributed by atoms with Gasteiger partial charge in [0, 0.05) is 6.42 Å². The summed E-state index contributed by atoms with van der Waals surface area (Å²) in [7, 11) is 0. The molecule has 0 aliphatic carbocycles. The minimum absolute atomic E-state index is 0.0443. The molecule has 1 aromatic heterocycles. The van der Waals surface area contributed by atoms with Crippen molar-refractivity contribution in [2.75, 3.05) is 0 Å². The van der Waals surface area contributed by atoms with Crippen LogP contribution in [0.15, 0.2) is 34.1 Å². The van der Waals surface area contributed by atoms with E-state index in [-0.39, 0.29) is 11.2 Å². The predicted molar refractivity (Wildman–Crippen MR) is 65.4 cm³/mol. The number of aryl methyl sites for hydroxylation is 1. The summed E-state index contributed by atoms with van der Waals surface area (Å²) in [5.41, 5.74) is 0.478. The second kappa shape index (κ2) is 2.83. The van der Waals surface area contributed by atoms with Crippen molar-refractivity contribution in [3.8, 4) is 0 Å². The average molecular weight is 225 g/mol. The maximum absolute atomic E-state index is 12.5. The molecule has 0 saturated carbocycles. The number of para-hydroxylation sites is 1. The number of hydrogen-bond acceptors (Lipinski definition) is 3. The van der Waals surface area contributed by atoms with Gasteiger partial charge < -0.3 is 0 Å². The second-order valence-corrected chi connectivity index (χ2v) is 4.68. The molecule has 84 valence electrons. The highest BCUT2D eigenvalue weighted by Gasteiger charge is 2.43. The molecule has 2 aromatic rings. The molecule has 2 aliphatic rings. The summed E-state index contributed by atoms with van der Waals surface area (Å²) in [4.78, 5) is 21.4. The van der Waals surface area contributed by atoms with Gasteiger partial charge in [-0.3, -0.25) is 14.4 Å². The lowest BCUT2D eigenvalue weighted by Crippen LogP contribution is -2.39. The van der Waals surface area contributed by atoms with E-state index in [1.54, 1.807) is 4.57 Å². The van der Waals surface area contributed by atoms with Gasteiger partial charge in [-0.1, -0.05) is 12.1 Å². The highest BCUT2D eigenvalue weighted by molar-refractivity contribution is 5.83. The SMILES string of the molecule is O=c1c2ccccc2nc2n1C1(C=N1)CCC2. The highest BCUT2D eigenvalue weighted by Crippen LogP contribution is 2.36. The fourth-order valence-electron chi connectivity index (χ4n) is 2.68. The Kier molecular flexibility index (Phi) is 1.51. The minimum Gasteiger partial charge on any atom is -0.268 e.